The van der Waals surface area contributed by atoms with E-state index in [0.29, 0.717) is 25.1 Å². The Morgan fingerprint density at radius 2 is 1.93 bits per heavy atom. The van der Waals surface area contributed by atoms with Gasteiger partial charge in [-0.25, -0.2) is 9.18 Å². The number of halogens is 1. The molecule has 7 heteroatoms. The molecule has 4 rings (SSSR count). The van der Waals surface area contributed by atoms with Gasteiger partial charge >= 0.3 is 6.09 Å². The van der Waals surface area contributed by atoms with Crippen LogP contribution in [-0.2, 0) is 20.9 Å². The maximum Gasteiger partial charge on any atom is 0.410 e. The van der Waals surface area contributed by atoms with E-state index in [4.69, 9.17) is 4.74 Å². The third-order valence-electron chi connectivity index (χ3n) is 5.94. The summed E-state index contributed by atoms with van der Waals surface area (Å²) < 4.78 is 19.2. The van der Waals surface area contributed by atoms with Crippen LogP contribution in [0.5, 0.6) is 0 Å². The first-order valence-corrected chi connectivity index (χ1v) is 10.00. The first-order chi connectivity index (χ1) is 14.4. The lowest BCUT2D eigenvalue weighted by atomic mass is 9.81. The smallest absolute Gasteiger partial charge is 0.410 e. The molecule has 1 spiro atoms. The second-order valence-electron chi connectivity index (χ2n) is 7.98. The van der Waals surface area contributed by atoms with Crippen molar-refractivity contribution in [2.45, 2.75) is 44.4 Å². The number of Topliss-reactive ketones (excluding diaryl/α,β-unsaturated/α-hetero) is 1. The summed E-state index contributed by atoms with van der Waals surface area (Å²) in [5.74, 6) is -1.57. The van der Waals surface area contributed by atoms with Gasteiger partial charge in [0.15, 0.2) is 0 Å². The molecule has 2 aliphatic rings. The molecule has 2 aliphatic heterocycles. The molecule has 2 saturated heterocycles. The van der Waals surface area contributed by atoms with Crippen molar-refractivity contribution >= 4 is 23.5 Å². The van der Waals surface area contributed by atoms with Crippen LogP contribution in [0.1, 0.15) is 31.7 Å². The van der Waals surface area contributed by atoms with Crippen molar-refractivity contribution in [2.24, 2.45) is 0 Å². The number of nitrogens with zero attached hydrogens (tertiary/aromatic N) is 2. The van der Waals surface area contributed by atoms with E-state index < -0.39 is 29.1 Å². The average molecular weight is 410 g/mol. The fourth-order valence-corrected chi connectivity index (χ4v) is 4.55. The summed E-state index contributed by atoms with van der Waals surface area (Å²) in [7, 11) is 0. The fraction of sp³-hybridized carbons (Fsp3) is 0.348. The Kier molecular flexibility index (Phi) is 5.28. The number of piperidine rings is 1. The SMILES string of the molecule is C[C@H]1C[C@]2(CCN1C(=O)OCc1ccccc1)CC(=O)C(=O)N2c1cccc(F)c1. The molecule has 2 fully saturated rings. The zero-order chi connectivity index (χ0) is 21.3. The normalized spacial score (nSPS) is 23.9. The largest absolute Gasteiger partial charge is 0.445 e. The van der Waals surface area contributed by atoms with Crippen LogP contribution in [-0.4, -0.2) is 40.8 Å². The Labute approximate surface area is 174 Å². The number of carbonyl (C=O) groups is 3. The number of rotatable bonds is 3. The Bertz CT molecular complexity index is 980. The number of likely N-dealkylation sites (tertiary alicyclic amines) is 1. The molecule has 0 radical (unpaired) electrons. The number of ether oxygens (including phenoxy) is 1. The lowest BCUT2D eigenvalue weighted by Gasteiger charge is -2.47. The van der Waals surface area contributed by atoms with Gasteiger partial charge in [-0.1, -0.05) is 36.4 Å². The number of benzene rings is 2. The molecule has 2 aromatic rings. The van der Waals surface area contributed by atoms with Crippen LogP contribution >= 0.6 is 0 Å². The van der Waals surface area contributed by atoms with Gasteiger partial charge in [-0.05, 0) is 43.5 Å². The molecule has 156 valence electrons. The van der Waals surface area contributed by atoms with Crippen LogP contribution in [0.4, 0.5) is 14.9 Å². The number of anilines is 1. The van der Waals surface area contributed by atoms with E-state index in [2.05, 4.69) is 0 Å². The van der Waals surface area contributed by atoms with E-state index in [9.17, 15) is 18.8 Å². The molecule has 2 aromatic carbocycles. The lowest BCUT2D eigenvalue weighted by molar-refractivity contribution is -0.133. The summed E-state index contributed by atoms with van der Waals surface area (Å²) in [6.07, 6.45) is 0.487. The molecule has 0 bridgehead atoms. The van der Waals surface area contributed by atoms with Crippen molar-refractivity contribution in [1.82, 2.24) is 4.90 Å². The van der Waals surface area contributed by atoms with Crippen LogP contribution in [0.25, 0.3) is 0 Å². The number of ketones is 1. The van der Waals surface area contributed by atoms with E-state index in [0.717, 1.165) is 5.56 Å². The van der Waals surface area contributed by atoms with E-state index in [1.54, 1.807) is 11.0 Å². The first kappa shape index (κ1) is 20.1. The van der Waals surface area contributed by atoms with Crippen molar-refractivity contribution in [2.75, 3.05) is 11.4 Å². The van der Waals surface area contributed by atoms with Crippen molar-refractivity contribution in [3.8, 4) is 0 Å². The van der Waals surface area contributed by atoms with Crippen molar-refractivity contribution in [1.29, 1.82) is 0 Å². The van der Waals surface area contributed by atoms with Crippen LogP contribution < -0.4 is 4.90 Å². The van der Waals surface area contributed by atoms with Gasteiger partial charge < -0.3 is 9.64 Å². The molecular weight excluding hydrogens is 387 g/mol. The molecule has 6 nitrogen and oxygen atoms in total. The number of amides is 2. The van der Waals surface area contributed by atoms with Gasteiger partial charge in [-0.3, -0.25) is 14.5 Å². The molecule has 0 saturated carbocycles. The summed E-state index contributed by atoms with van der Waals surface area (Å²) in [4.78, 5) is 40.6. The van der Waals surface area contributed by atoms with E-state index in [1.165, 1.54) is 23.1 Å². The molecule has 0 aliphatic carbocycles. The van der Waals surface area contributed by atoms with Gasteiger partial charge in [0, 0.05) is 24.7 Å². The van der Waals surface area contributed by atoms with Crippen molar-refractivity contribution in [3.05, 3.63) is 66.0 Å². The second kappa shape index (κ2) is 7.89. The van der Waals surface area contributed by atoms with E-state index >= 15 is 0 Å². The highest BCUT2D eigenvalue weighted by Crippen LogP contribution is 2.43. The monoisotopic (exact) mass is 410 g/mol. The Hall–Kier alpha value is -3.22. The third-order valence-corrected chi connectivity index (χ3v) is 5.94. The number of carbonyl (C=O) groups excluding carboxylic acids is 3. The zero-order valence-corrected chi connectivity index (χ0v) is 16.7. The van der Waals surface area contributed by atoms with E-state index in [1.807, 2.05) is 37.3 Å². The van der Waals surface area contributed by atoms with Gasteiger partial charge in [0.05, 0.1) is 5.54 Å². The van der Waals surface area contributed by atoms with Crippen molar-refractivity contribution < 1.29 is 23.5 Å². The third kappa shape index (κ3) is 3.67. The molecule has 0 aromatic heterocycles. The Balaban J connectivity index is 1.49. The van der Waals surface area contributed by atoms with Crippen LogP contribution in [0.15, 0.2) is 54.6 Å². The van der Waals surface area contributed by atoms with Gasteiger partial charge in [0.2, 0.25) is 5.78 Å². The van der Waals surface area contributed by atoms with Crippen LogP contribution in [0.3, 0.4) is 0 Å². The predicted molar refractivity (Wildman–Crippen MR) is 108 cm³/mol. The Morgan fingerprint density at radius 1 is 1.17 bits per heavy atom. The van der Waals surface area contributed by atoms with Gasteiger partial charge in [-0.15, -0.1) is 0 Å². The zero-order valence-electron chi connectivity index (χ0n) is 16.7. The molecule has 2 atom stereocenters. The summed E-state index contributed by atoms with van der Waals surface area (Å²) in [5, 5.41) is 0. The lowest BCUT2D eigenvalue weighted by Crippen LogP contribution is -2.57. The summed E-state index contributed by atoms with van der Waals surface area (Å²) in [6.45, 7) is 2.41. The molecule has 30 heavy (non-hydrogen) atoms. The Morgan fingerprint density at radius 3 is 2.63 bits per heavy atom. The molecule has 2 heterocycles. The summed E-state index contributed by atoms with van der Waals surface area (Å²) >= 11 is 0. The molecule has 2 amide bonds. The fourth-order valence-electron chi connectivity index (χ4n) is 4.55. The highest BCUT2D eigenvalue weighted by Gasteiger charge is 2.54. The standard InChI is InChI=1S/C23H23FN2O4/c1-16-13-23(10-11-25(16)22(29)30-15-17-6-3-2-4-7-17)14-20(27)21(28)26(23)19-9-5-8-18(24)12-19/h2-9,12,16H,10-11,13-15H2,1H3/t16-,23+/m0/s1. The minimum absolute atomic E-state index is 0.0690. The quantitative estimate of drug-likeness (QED) is 0.724. The van der Waals surface area contributed by atoms with Gasteiger partial charge in [0.1, 0.15) is 12.4 Å². The van der Waals surface area contributed by atoms with Crippen molar-refractivity contribution in [3.63, 3.8) is 0 Å². The summed E-state index contributed by atoms with van der Waals surface area (Å²) in [5.41, 5.74) is 0.520. The number of hydrogen-bond donors (Lipinski definition) is 0. The average Bonchev–Trinajstić information content (AvgIpc) is 2.96. The van der Waals surface area contributed by atoms with Crippen LogP contribution in [0.2, 0.25) is 0 Å². The summed E-state index contributed by atoms with van der Waals surface area (Å²) in [6, 6.07) is 14.9. The minimum Gasteiger partial charge on any atom is -0.445 e. The maximum atomic E-state index is 13.8. The van der Waals surface area contributed by atoms with Gasteiger partial charge in [-0.2, -0.15) is 0 Å². The predicted octanol–water partition coefficient (Wildman–Crippen LogP) is 3.69. The van der Waals surface area contributed by atoms with E-state index in [-0.39, 0.29) is 19.1 Å². The highest BCUT2D eigenvalue weighted by molar-refractivity contribution is 6.44. The van der Waals surface area contributed by atoms with Gasteiger partial charge in [0.25, 0.3) is 5.91 Å². The van der Waals surface area contributed by atoms with Crippen LogP contribution in [0, 0.1) is 5.82 Å². The topological polar surface area (TPSA) is 66.9 Å². The highest BCUT2D eigenvalue weighted by atomic mass is 19.1. The minimum atomic E-state index is -0.752. The first-order valence-electron chi connectivity index (χ1n) is 10.00. The molecular formula is C23H23FN2O4. The number of hydrogen-bond acceptors (Lipinski definition) is 4. The maximum absolute atomic E-state index is 13.8. The second-order valence-corrected chi connectivity index (χ2v) is 7.98. The molecule has 0 N–H and O–H groups in total. The molecule has 0 unspecified atom stereocenters.